The molecule has 0 aliphatic carbocycles. The van der Waals surface area contributed by atoms with E-state index in [9.17, 15) is 4.79 Å². The Bertz CT molecular complexity index is 743. The molecular formula is C11H9N5O2. The first-order chi connectivity index (χ1) is 8.68. The average molecular weight is 243 g/mol. The number of hydrogen-bond acceptors (Lipinski definition) is 4. The molecule has 0 saturated heterocycles. The lowest BCUT2D eigenvalue weighted by molar-refractivity contribution is 0.0692. The number of hydrogen-bond donors (Lipinski definition) is 2. The third-order valence-corrected chi connectivity index (χ3v) is 2.75. The fourth-order valence-electron chi connectivity index (χ4n) is 1.87. The van der Waals surface area contributed by atoms with Crippen molar-refractivity contribution >= 4 is 17.0 Å². The number of imidazole rings is 2. The number of pyridine rings is 1. The SMILES string of the molecule is Cn1c(-c2nc[nH]c2C(=O)O)nc2ccncc21. The molecule has 18 heavy (non-hydrogen) atoms. The molecule has 0 fully saturated rings. The first kappa shape index (κ1) is 10.5. The lowest BCUT2D eigenvalue weighted by Crippen LogP contribution is -2.02. The van der Waals surface area contributed by atoms with Crippen LogP contribution in [-0.2, 0) is 7.05 Å². The van der Waals surface area contributed by atoms with Gasteiger partial charge in [-0.25, -0.2) is 14.8 Å². The van der Waals surface area contributed by atoms with Crippen LogP contribution in [0.1, 0.15) is 10.5 Å². The normalized spacial score (nSPS) is 10.9. The van der Waals surface area contributed by atoms with Gasteiger partial charge < -0.3 is 14.7 Å². The number of nitrogens with zero attached hydrogens (tertiary/aromatic N) is 4. The maximum atomic E-state index is 11.1. The van der Waals surface area contributed by atoms with Crippen molar-refractivity contribution in [3.8, 4) is 11.5 Å². The van der Waals surface area contributed by atoms with E-state index in [0.717, 1.165) is 11.0 Å². The largest absolute Gasteiger partial charge is 0.477 e. The van der Waals surface area contributed by atoms with E-state index in [1.165, 1.54) is 6.33 Å². The van der Waals surface area contributed by atoms with Gasteiger partial charge in [-0.15, -0.1) is 0 Å². The number of fused-ring (bicyclic) bond motifs is 1. The van der Waals surface area contributed by atoms with Gasteiger partial charge in [0.05, 0.1) is 23.6 Å². The van der Waals surface area contributed by atoms with Gasteiger partial charge >= 0.3 is 5.97 Å². The Labute approximate surface area is 101 Å². The molecule has 0 spiro atoms. The number of carboxylic acids is 1. The number of H-pyrrole nitrogens is 1. The first-order valence-electron chi connectivity index (χ1n) is 5.22. The molecule has 0 aliphatic heterocycles. The van der Waals surface area contributed by atoms with Crippen LogP contribution in [0.4, 0.5) is 0 Å². The number of rotatable bonds is 2. The van der Waals surface area contributed by atoms with Crippen molar-refractivity contribution in [3.05, 3.63) is 30.5 Å². The van der Waals surface area contributed by atoms with Gasteiger partial charge in [0.25, 0.3) is 0 Å². The molecule has 0 radical (unpaired) electrons. The zero-order valence-electron chi connectivity index (χ0n) is 9.45. The highest BCUT2D eigenvalue weighted by Crippen LogP contribution is 2.23. The topological polar surface area (TPSA) is 96.7 Å². The molecule has 7 nitrogen and oxygen atoms in total. The summed E-state index contributed by atoms with van der Waals surface area (Å²) < 4.78 is 1.77. The Morgan fingerprint density at radius 3 is 3.06 bits per heavy atom. The number of carboxylic acid groups (broad SMARTS) is 1. The summed E-state index contributed by atoms with van der Waals surface area (Å²) in [6.45, 7) is 0. The molecule has 0 bridgehead atoms. The van der Waals surface area contributed by atoms with Crippen molar-refractivity contribution in [1.29, 1.82) is 0 Å². The fraction of sp³-hybridized carbons (Fsp3) is 0.0909. The molecule has 7 heteroatoms. The highest BCUT2D eigenvalue weighted by atomic mass is 16.4. The van der Waals surface area contributed by atoms with Crippen molar-refractivity contribution in [2.45, 2.75) is 0 Å². The predicted octanol–water partition coefficient (Wildman–Crippen LogP) is 1.06. The van der Waals surface area contributed by atoms with Crippen LogP contribution in [0.2, 0.25) is 0 Å². The minimum Gasteiger partial charge on any atom is -0.477 e. The maximum absolute atomic E-state index is 11.1. The Hall–Kier alpha value is -2.70. The molecule has 0 aliphatic rings. The molecule has 3 aromatic heterocycles. The van der Waals surface area contributed by atoms with Crippen LogP contribution in [0.15, 0.2) is 24.8 Å². The van der Waals surface area contributed by atoms with Crippen molar-refractivity contribution < 1.29 is 9.90 Å². The first-order valence-corrected chi connectivity index (χ1v) is 5.22. The molecule has 2 N–H and O–H groups in total. The second-order valence-corrected chi connectivity index (χ2v) is 3.79. The number of aryl methyl sites for hydroxylation is 1. The summed E-state index contributed by atoms with van der Waals surface area (Å²) in [6.07, 6.45) is 4.66. The summed E-state index contributed by atoms with van der Waals surface area (Å²) in [5, 5.41) is 9.06. The zero-order chi connectivity index (χ0) is 12.7. The van der Waals surface area contributed by atoms with E-state index in [-0.39, 0.29) is 5.69 Å². The van der Waals surface area contributed by atoms with Crippen LogP contribution in [-0.4, -0.2) is 35.6 Å². The Kier molecular flexibility index (Phi) is 2.12. The summed E-state index contributed by atoms with van der Waals surface area (Å²) in [4.78, 5) is 26.1. The van der Waals surface area contributed by atoms with Gasteiger partial charge in [0.15, 0.2) is 11.5 Å². The molecule has 0 aromatic carbocycles. The number of aromatic nitrogens is 5. The number of aromatic amines is 1. The lowest BCUT2D eigenvalue weighted by atomic mass is 10.3. The van der Waals surface area contributed by atoms with E-state index >= 15 is 0 Å². The van der Waals surface area contributed by atoms with Crippen LogP contribution < -0.4 is 0 Å². The maximum Gasteiger partial charge on any atom is 0.354 e. The predicted molar refractivity (Wildman–Crippen MR) is 63.1 cm³/mol. The second-order valence-electron chi connectivity index (χ2n) is 3.79. The van der Waals surface area contributed by atoms with Gasteiger partial charge in [0, 0.05) is 13.2 Å². The monoisotopic (exact) mass is 243 g/mol. The molecular weight excluding hydrogens is 234 g/mol. The van der Waals surface area contributed by atoms with Crippen molar-refractivity contribution in [1.82, 2.24) is 24.5 Å². The highest BCUT2D eigenvalue weighted by molar-refractivity contribution is 5.93. The smallest absolute Gasteiger partial charge is 0.354 e. The lowest BCUT2D eigenvalue weighted by Gasteiger charge is -1.99. The third kappa shape index (κ3) is 1.37. The van der Waals surface area contributed by atoms with Gasteiger partial charge in [-0.2, -0.15) is 0 Å². The van der Waals surface area contributed by atoms with Crippen LogP contribution in [0.25, 0.3) is 22.6 Å². The Balaban J connectivity index is 2.29. The van der Waals surface area contributed by atoms with Gasteiger partial charge in [0.2, 0.25) is 0 Å². The number of nitrogens with one attached hydrogen (secondary N) is 1. The van der Waals surface area contributed by atoms with E-state index in [1.807, 2.05) is 0 Å². The number of aromatic carboxylic acids is 1. The molecule has 3 heterocycles. The second kappa shape index (κ2) is 3.66. The van der Waals surface area contributed by atoms with Gasteiger partial charge in [0.1, 0.15) is 5.69 Å². The highest BCUT2D eigenvalue weighted by Gasteiger charge is 2.19. The van der Waals surface area contributed by atoms with Crippen molar-refractivity contribution in [3.63, 3.8) is 0 Å². The van der Waals surface area contributed by atoms with Gasteiger partial charge in [-0.05, 0) is 6.07 Å². The molecule has 0 saturated carbocycles. The zero-order valence-corrected chi connectivity index (χ0v) is 9.45. The third-order valence-electron chi connectivity index (χ3n) is 2.75. The van der Waals surface area contributed by atoms with Gasteiger partial charge in [-0.1, -0.05) is 0 Å². The van der Waals surface area contributed by atoms with E-state index in [4.69, 9.17) is 5.11 Å². The van der Waals surface area contributed by atoms with Crippen LogP contribution >= 0.6 is 0 Å². The quantitative estimate of drug-likeness (QED) is 0.701. The van der Waals surface area contributed by atoms with E-state index < -0.39 is 5.97 Å². The summed E-state index contributed by atoms with van der Waals surface area (Å²) in [7, 11) is 1.80. The average Bonchev–Trinajstić information content (AvgIpc) is 2.94. The van der Waals surface area contributed by atoms with Crippen LogP contribution in [0.3, 0.4) is 0 Å². The Morgan fingerprint density at radius 2 is 2.33 bits per heavy atom. The van der Waals surface area contributed by atoms with E-state index in [0.29, 0.717) is 11.5 Å². The molecule has 3 rings (SSSR count). The van der Waals surface area contributed by atoms with Gasteiger partial charge in [-0.3, -0.25) is 4.98 Å². The summed E-state index contributed by atoms with van der Waals surface area (Å²) in [6, 6.07) is 1.77. The molecule has 0 unspecified atom stereocenters. The summed E-state index contributed by atoms with van der Waals surface area (Å²) in [5.41, 5.74) is 1.93. The Morgan fingerprint density at radius 1 is 1.50 bits per heavy atom. The fourth-order valence-corrected chi connectivity index (χ4v) is 1.87. The standard InChI is InChI=1S/C11H9N5O2/c1-16-7-4-12-3-2-6(7)15-10(16)8-9(11(17)18)14-5-13-8/h2-5H,1H3,(H,13,14)(H,17,18). The molecule has 90 valence electrons. The van der Waals surface area contributed by atoms with Crippen molar-refractivity contribution in [2.24, 2.45) is 7.05 Å². The molecule has 3 aromatic rings. The van der Waals surface area contributed by atoms with E-state index in [1.54, 1.807) is 30.1 Å². The van der Waals surface area contributed by atoms with E-state index in [2.05, 4.69) is 19.9 Å². The van der Waals surface area contributed by atoms with Crippen LogP contribution in [0.5, 0.6) is 0 Å². The van der Waals surface area contributed by atoms with Crippen molar-refractivity contribution in [2.75, 3.05) is 0 Å². The summed E-state index contributed by atoms with van der Waals surface area (Å²) in [5.74, 6) is -0.565. The summed E-state index contributed by atoms with van der Waals surface area (Å²) >= 11 is 0. The molecule has 0 amide bonds. The minimum absolute atomic E-state index is 0.0290. The minimum atomic E-state index is -1.06. The molecule has 0 atom stereocenters. The van der Waals surface area contributed by atoms with Crippen LogP contribution in [0, 0.1) is 0 Å². The number of carbonyl (C=O) groups is 1.